The van der Waals surface area contributed by atoms with Gasteiger partial charge in [0.25, 0.3) is 5.91 Å². The maximum absolute atomic E-state index is 11.4. The summed E-state index contributed by atoms with van der Waals surface area (Å²) >= 11 is 0. The molecule has 0 rings (SSSR count). The fourth-order valence-corrected chi connectivity index (χ4v) is 0.951. The Hall–Kier alpha value is -1.23. The quantitative estimate of drug-likeness (QED) is 0.476. The van der Waals surface area contributed by atoms with Gasteiger partial charge in [-0.1, -0.05) is 18.9 Å². The van der Waals surface area contributed by atoms with Gasteiger partial charge in [0.1, 0.15) is 0 Å². The molecule has 0 aromatic carbocycles. The molecule has 0 heterocycles. The Labute approximate surface area is 80.6 Å². The predicted molar refractivity (Wildman–Crippen MR) is 55.1 cm³/mol. The Kier molecular flexibility index (Phi) is 6.72. The van der Waals surface area contributed by atoms with Gasteiger partial charge < -0.3 is 4.90 Å². The zero-order valence-corrected chi connectivity index (χ0v) is 8.47. The van der Waals surface area contributed by atoms with Crippen LogP contribution in [0.1, 0.15) is 26.7 Å². The minimum Gasteiger partial charge on any atom is -0.332 e. The minimum absolute atomic E-state index is 0.0776. The topological polar surface area (TPSA) is 20.3 Å². The zero-order valence-electron chi connectivity index (χ0n) is 8.47. The summed E-state index contributed by atoms with van der Waals surface area (Å²) < 4.78 is 0. The first kappa shape index (κ1) is 11.8. The van der Waals surface area contributed by atoms with Gasteiger partial charge in [-0.25, -0.2) is 0 Å². The van der Waals surface area contributed by atoms with E-state index in [9.17, 15) is 4.79 Å². The molecule has 0 N–H and O–H groups in total. The van der Waals surface area contributed by atoms with Gasteiger partial charge in [0.15, 0.2) is 0 Å². The van der Waals surface area contributed by atoms with Crippen molar-refractivity contribution in [2.75, 3.05) is 13.1 Å². The van der Waals surface area contributed by atoms with Crippen molar-refractivity contribution < 1.29 is 4.79 Å². The van der Waals surface area contributed by atoms with Crippen LogP contribution in [-0.2, 0) is 4.79 Å². The van der Waals surface area contributed by atoms with Crippen LogP contribution >= 0.6 is 0 Å². The molecule has 0 aromatic heterocycles. The predicted octanol–water partition coefficient (Wildman–Crippen LogP) is 1.82. The minimum atomic E-state index is -0.0776. The largest absolute Gasteiger partial charge is 0.332 e. The highest BCUT2D eigenvalue weighted by Gasteiger charge is 2.05. The molecule has 0 aliphatic heterocycles. The molecular weight excluding hydrogens is 162 g/mol. The molecule has 1 amide bonds. The number of amides is 1. The average Bonchev–Trinajstić information content (AvgIpc) is 2.14. The number of rotatable bonds is 4. The average molecular weight is 179 g/mol. The second-order valence-electron chi connectivity index (χ2n) is 2.68. The van der Waals surface area contributed by atoms with Crippen molar-refractivity contribution in [3.63, 3.8) is 0 Å². The molecule has 13 heavy (non-hydrogen) atoms. The Morgan fingerprint density at radius 2 is 2.23 bits per heavy atom. The summed E-state index contributed by atoms with van der Waals surface area (Å²) in [4.78, 5) is 13.1. The molecule has 0 spiro atoms. The van der Waals surface area contributed by atoms with Crippen molar-refractivity contribution >= 4 is 5.91 Å². The van der Waals surface area contributed by atoms with Crippen LogP contribution in [-0.4, -0.2) is 23.9 Å². The van der Waals surface area contributed by atoms with Gasteiger partial charge in [-0.05, 0) is 19.3 Å². The van der Waals surface area contributed by atoms with E-state index < -0.39 is 0 Å². The third-order valence-corrected chi connectivity index (χ3v) is 1.60. The lowest BCUT2D eigenvalue weighted by atomic mass is 10.3. The summed E-state index contributed by atoms with van der Waals surface area (Å²) in [5.74, 6) is 5.26. The first-order chi connectivity index (χ1) is 6.26. The van der Waals surface area contributed by atoms with Crippen molar-refractivity contribution in [2.24, 2.45) is 0 Å². The van der Waals surface area contributed by atoms with Crippen LogP contribution < -0.4 is 0 Å². The monoisotopic (exact) mass is 179 g/mol. The summed E-state index contributed by atoms with van der Waals surface area (Å²) in [6.45, 7) is 9.06. The van der Waals surface area contributed by atoms with E-state index in [2.05, 4.69) is 18.4 Å². The highest BCUT2D eigenvalue weighted by Crippen LogP contribution is 1.91. The smallest absolute Gasteiger partial charge is 0.298 e. The Balaban J connectivity index is 4.06. The number of carbonyl (C=O) groups excluding carboxylic acids is 1. The van der Waals surface area contributed by atoms with Crippen LogP contribution in [0.3, 0.4) is 0 Å². The third-order valence-electron chi connectivity index (χ3n) is 1.60. The van der Waals surface area contributed by atoms with Gasteiger partial charge >= 0.3 is 0 Å². The van der Waals surface area contributed by atoms with Gasteiger partial charge in [-0.3, -0.25) is 4.79 Å². The molecule has 0 saturated carbocycles. The molecule has 0 unspecified atom stereocenters. The summed E-state index contributed by atoms with van der Waals surface area (Å²) in [6.07, 6.45) is 3.24. The Bertz CT molecular complexity index is 222. The van der Waals surface area contributed by atoms with Crippen LogP contribution in [0.25, 0.3) is 0 Å². The molecule has 0 aliphatic rings. The molecule has 0 radical (unpaired) electrons. The molecule has 0 aromatic rings. The summed E-state index contributed by atoms with van der Waals surface area (Å²) in [7, 11) is 0. The molecular formula is C11H17NO. The third kappa shape index (κ3) is 5.08. The van der Waals surface area contributed by atoms with E-state index in [1.54, 1.807) is 11.0 Å². The van der Waals surface area contributed by atoms with Crippen molar-refractivity contribution in [1.29, 1.82) is 0 Å². The van der Waals surface area contributed by atoms with Gasteiger partial charge in [-0.2, -0.15) is 0 Å². The highest BCUT2D eigenvalue weighted by atomic mass is 16.2. The normalized spacial score (nSPS) is 8.46. The molecule has 0 aliphatic carbocycles. The standard InChI is InChI=1S/C11H17NO/c1-4-7-8-9-11(13)12(6-3)10-5-2/h4H,1,5-7,10H2,2-3H3. The van der Waals surface area contributed by atoms with Gasteiger partial charge in [-0.15, -0.1) is 6.58 Å². The maximum atomic E-state index is 11.4. The zero-order chi connectivity index (χ0) is 10.1. The first-order valence-corrected chi connectivity index (χ1v) is 4.64. The molecule has 0 fully saturated rings. The van der Waals surface area contributed by atoms with E-state index in [1.165, 1.54) is 0 Å². The summed E-state index contributed by atoms with van der Waals surface area (Å²) in [5, 5.41) is 0. The van der Waals surface area contributed by atoms with Crippen LogP contribution in [0.4, 0.5) is 0 Å². The number of carbonyl (C=O) groups is 1. The summed E-state index contributed by atoms with van der Waals surface area (Å²) in [5.41, 5.74) is 0. The second-order valence-corrected chi connectivity index (χ2v) is 2.68. The maximum Gasteiger partial charge on any atom is 0.298 e. The fraction of sp³-hybridized carbons (Fsp3) is 0.545. The van der Waals surface area contributed by atoms with Gasteiger partial charge in [0.05, 0.1) is 0 Å². The number of hydrogen-bond acceptors (Lipinski definition) is 1. The van der Waals surface area contributed by atoms with Gasteiger partial charge in [0.2, 0.25) is 0 Å². The van der Waals surface area contributed by atoms with Crippen LogP contribution in [0.5, 0.6) is 0 Å². The van der Waals surface area contributed by atoms with Crippen LogP contribution in [0.15, 0.2) is 12.7 Å². The second kappa shape index (κ2) is 7.42. The highest BCUT2D eigenvalue weighted by molar-refractivity contribution is 5.93. The lowest BCUT2D eigenvalue weighted by molar-refractivity contribution is -0.124. The van der Waals surface area contributed by atoms with Crippen molar-refractivity contribution in [2.45, 2.75) is 26.7 Å². The SMILES string of the molecule is C=CCC#CC(=O)N(CC)CCC. The van der Waals surface area contributed by atoms with Crippen LogP contribution in [0, 0.1) is 11.8 Å². The van der Waals surface area contributed by atoms with Crippen molar-refractivity contribution in [3.8, 4) is 11.8 Å². The molecule has 0 saturated heterocycles. The molecule has 72 valence electrons. The van der Waals surface area contributed by atoms with E-state index in [1.807, 2.05) is 13.8 Å². The molecule has 2 nitrogen and oxygen atoms in total. The number of hydrogen-bond donors (Lipinski definition) is 0. The Morgan fingerprint density at radius 1 is 1.54 bits per heavy atom. The number of allylic oxidation sites excluding steroid dienone is 1. The van der Waals surface area contributed by atoms with E-state index in [0.29, 0.717) is 6.42 Å². The van der Waals surface area contributed by atoms with Crippen molar-refractivity contribution in [3.05, 3.63) is 12.7 Å². The molecule has 2 heteroatoms. The lowest BCUT2D eigenvalue weighted by Crippen LogP contribution is -2.30. The summed E-state index contributed by atoms with van der Waals surface area (Å²) in [6, 6.07) is 0. The fourth-order valence-electron chi connectivity index (χ4n) is 0.951. The molecule has 0 bridgehead atoms. The van der Waals surface area contributed by atoms with Crippen LogP contribution in [0.2, 0.25) is 0 Å². The van der Waals surface area contributed by atoms with E-state index in [-0.39, 0.29) is 5.91 Å². The number of nitrogens with zero attached hydrogens (tertiary/aromatic N) is 1. The van der Waals surface area contributed by atoms with E-state index in [4.69, 9.17) is 0 Å². The Morgan fingerprint density at radius 3 is 2.69 bits per heavy atom. The van der Waals surface area contributed by atoms with E-state index in [0.717, 1.165) is 19.5 Å². The lowest BCUT2D eigenvalue weighted by Gasteiger charge is -2.16. The van der Waals surface area contributed by atoms with Gasteiger partial charge in [0, 0.05) is 19.5 Å². The molecule has 0 atom stereocenters. The van der Waals surface area contributed by atoms with E-state index >= 15 is 0 Å². The first-order valence-electron chi connectivity index (χ1n) is 4.64. The van der Waals surface area contributed by atoms with Crippen molar-refractivity contribution in [1.82, 2.24) is 4.90 Å².